The lowest BCUT2D eigenvalue weighted by Crippen LogP contribution is -2.44. The zero-order valence-electron chi connectivity index (χ0n) is 20.5. The molecule has 3 aromatic rings. The van der Waals surface area contributed by atoms with E-state index in [9.17, 15) is 4.21 Å². The van der Waals surface area contributed by atoms with Gasteiger partial charge in [-0.1, -0.05) is 0 Å². The van der Waals surface area contributed by atoms with E-state index in [-0.39, 0.29) is 12.1 Å². The van der Waals surface area contributed by atoms with Crippen molar-refractivity contribution in [1.82, 2.24) is 19.9 Å². The van der Waals surface area contributed by atoms with Gasteiger partial charge in [-0.3, -0.25) is 0 Å². The molecule has 1 saturated carbocycles. The quantitative estimate of drug-likeness (QED) is 0.571. The summed E-state index contributed by atoms with van der Waals surface area (Å²) in [7, 11) is -0.836. The molecule has 35 heavy (non-hydrogen) atoms. The zero-order valence-corrected chi connectivity index (χ0v) is 21.3. The van der Waals surface area contributed by atoms with E-state index in [1.807, 2.05) is 24.4 Å². The molecule has 3 fully saturated rings. The Morgan fingerprint density at radius 3 is 2.91 bits per heavy atom. The molecule has 0 radical (unpaired) electrons. The van der Waals surface area contributed by atoms with Crippen LogP contribution in [0.2, 0.25) is 0 Å². The molecule has 3 aromatic heterocycles. The van der Waals surface area contributed by atoms with Crippen molar-refractivity contribution in [2.75, 3.05) is 37.5 Å². The molecule has 10 heteroatoms. The molecule has 6 rings (SSSR count). The smallest absolute Gasteiger partial charge is 0.215 e. The minimum Gasteiger partial charge on any atom is -0.481 e. The largest absolute Gasteiger partial charge is 0.481 e. The first-order chi connectivity index (χ1) is 16.9. The third kappa shape index (κ3) is 3.87. The summed E-state index contributed by atoms with van der Waals surface area (Å²) in [6.45, 7) is 6.27. The maximum atomic E-state index is 14.3. The average Bonchev–Trinajstić information content (AvgIpc) is 3.44. The zero-order chi connectivity index (χ0) is 24.2. The number of H-pyrrole nitrogens is 1. The van der Waals surface area contributed by atoms with E-state index in [0.717, 1.165) is 54.7 Å². The van der Waals surface area contributed by atoms with E-state index < -0.39 is 14.5 Å². The lowest BCUT2D eigenvalue weighted by molar-refractivity contribution is 0.0985. The first-order valence-corrected chi connectivity index (χ1v) is 14.1. The van der Waals surface area contributed by atoms with Crippen LogP contribution in [-0.2, 0) is 19.2 Å². The minimum atomic E-state index is -2.44. The van der Waals surface area contributed by atoms with Crippen molar-refractivity contribution < 1.29 is 13.7 Å². The third-order valence-corrected chi connectivity index (χ3v) is 10.8. The SMILES string of the molecule is COc1cc(-c2nc(N3CCOC[C@H]3C)cc([C@]3(C)CCCS3(=O)=NC3CC3)n2)c2cc[nH]c2n1. The van der Waals surface area contributed by atoms with E-state index in [1.54, 1.807) is 7.11 Å². The van der Waals surface area contributed by atoms with Gasteiger partial charge in [-0.25, -0.2) is 18.5 Å². The number of anilines is 1. The number of ether oxygens (including phenoxy) is 2. The molecule has 3 atom stereocenters. The number of hydrogen-bond donors (Lipinski definition) is 1. The van der Waals surface area contributed by atoms with Gasteiger partial charge in [-0.15, -0.1) is 0 Å². The Morgan fingerprint density at radius 1 is 1.29 bits per heavy atom. The molecule has 2 aliphatic heterocycles. The van der Waals surface area contributed by atoms with Crippen LogP contribution < -0.4 is 9.64 Å². The van der Waals surface area contributed by atoms with Gasteiger partial charge < -0.3 is 19.4 Å². The van der Waals surface area contributed by atoms with Crippen LogP contribution in [0.25, 0.3) is 22.4 Å². The number of methoxy groups -OCH3 is 1. The second-order valence-electron chi connectivity index (χ2n) is 10.0. The van der Waals surface area contributed by atoms with Crippen LogP contribution >= 0.6 is 0 Å². The molecule has 0 bridgehead atoms. The number of morpholine rings is 1. The van der Waals surface area contributed by atoms with Crippen LogP contribution in [0.5, 0.6) is 5.88 Å². The molecule has 186 valence electrons. The average molecular weight is 497 g/mol. The summed E-state index contributed by atoms with van der Waals surface area (Å²) >= 11 is 0. The van der Waals surface area contributed by atoms with E-state index in [4.69, 9.17) is 23.8 Å². The molecule has 3 aliphatic rings. The number of pyridine rings is 1. The fraction of sp³-hybridized carbons (Fsp3) is 0.560. The Bertz CT molecular complexity index is 1390. The normalized spacial score (nSPS) is 29.0. The van der Waals surface area contributed by atoms with Crippen LogP contribution in [-0.4, -0.2) is 68.8 Å². The van der Waals surface area contributed by atoms with Gasteiger partial charge in [0.1, 0.15) is 11.5 Å². The summed E-state index contributed by atoms with van der Waals surface area (Å²) in [5.74, 6) is 2.54. The van der Waals surface area contributed by atoms with Gasteiger partial charge >= 0.3 is 0 Å². The van der Waals surface area contributed by atoms with Crippen LogP contribution in [0.3, 0.4) is 0 Å². The molecule has 1 aliphatic carbocycles. The number of aromatic nitrogens is 4. The standard InChI is InChI=1S/C25H32N6O3S/c1-16-15-34-11-10-31(16)21-14-20(25(2)8-4-12-35(25,32)30-17-5-6-17)27-24(28-21)19-13-22(33-3)29-23-18(19)7-9-26-23/h7,9,13-14,16-17H,4-6,8,10-12,15H2,1-3H3,(H,26,29)/t16-,25+,35?/m1/s1. The summed E-state index contributed by atoms with van der Waals surface area (Å²) in [6, 6.07) is 6.32. The number of aromatic amines is 1. The highest BCUT2D eigenvalue weighted by Crippen LogP contribution is 2.45. The molecule has 2 saturated heterocycles. The van der Waals surface area contributed by atoms with Crippen molar-refractivity contribution in [1.29, 1.82) is 0 Å². The molecule has 5 heterocycles. The summed E-state index contributed by atoms with van der Waals surface area (Å²) in [6.07, 6.45) is 5.63. The lowest BCUT2D eigenvalue weighted by atomic mass is 10.0. The van der Waals surface area contributed by atoms with Gasteiger partial charge in [0.25, 0.3) is 0 Å². The Morgan fingerprint density at radius 2 is 2.14 bits per heavy atom. The topological polar surface area (TPSA) is 106 Å². The molecular weight excluding hydrogens is 464 g/mol. The Balaban J connectivity index is 1.57. The number of hydrogen-bond acceptors (Lipinski definition) is 8. The van der Waals surface area contributed by atoms with Crippen molar-refractivity contribution in [3.05, 3.63) is 30.1 Å². The minimum absolute atomic E-state index is 0.176. The van der Waals surface area contributed by atoms with Crippen LogP contribution in [0.1, 0.15) is 45.2 Å². The highest BCUT2D eigenvalue weighted by molar-refractivity contribution is 7.94. The Kier molecular flexibility index (Phi) is 5.48. The first kappa shape index (κ1) is 22.7. The van der Waals surface area contributed by atoms with Crippen molar-refractivity contribution in [3.8, 4) is 17.3 Å². The van der Waals surface area contributed by atoms with Crippen molar-refractivity contribution in [3.63, 3.8) is 0 Å². The molecule has 1 unspecified atom stereocenters. The Hall–Kier alpha value is -2.72. The first-order valence-electron chi connectivity index (χ1n) is 12.4. The van der Waals surface area contributed by atoms with Gasteiger partial charge in [-0.2, -0.15) is 4.98 Å². The summed E-state index contributed by atoms with van der Waals surface area (Å²) in [5, 5.41) is 0.920. The molecule has 0 spiro atoms. The molecule has 0 amide bonds. The van der Waals surface area contributed by atoms with Gasteiger partial charge in [-0.05, 0) is 45.6 Å². The van der Waals surface area contributed by atoms with Crippen molar-refractivity contribution in [2.24, 2.45) is 4.36 Å². The number of rotatable bonds is 5. The van der Waals surface area contributed by atoms with E-state index in [2.05, 4.69) is 28.7 Å². The summed E-state index contributed by atoms with van der Waals surface area (Å²) in [4.78, 5) is 20.1. The maximum Gasteiger partial charge on any atom is 0.215 e. The van der Waals surface area contributed by atoms with Crippen LogP contribution in [0, 0.1) is 0 Å². The molecule has 0 aromatic carbocycles. The predicted molar refractivity (Wildman–Crippen MR) is 136 cm³/mol. The third-order valence-electron chi connectivity index (χ3n) is 7.52. The number of nitrogens with zero attached hydrogens (tertiary/aromatic N) is 5. The molecule has 1 N–H and O–H groups in total. The fourth-order valence-corrected chi connectivity index (χ4v) is 8.13. The highest BCUT2D eigenvalue weighted by Gasteiger charge is 2.46. The van der Waals surface area contributed by atoms with Crippen molar-refractivity contribution in [2.45, 2.75) is 56.4 Å². The highest BCUT2D eigenvalue weighted by atomic mass is 32.2. The maximum absolute atomic E-state index is 14.3. The van der Waals surface area contributed by atoms with Crippen molar-refractivity contribution >= 4 is 26.6 Å². The second-order valence-corrected chi connectivity index (χ2v) is 12.8. The van der Waals surface area contributed by atoms with E-state index in [1.165, 1.54) is 0 Å². The van der Waals surface area contributed by atoms with Gasteiger partial charge in [0.05, 0.1) is 52.6 Å². The summed E-state index contributed by atoms with van der Waals surface area (Å²) < 4.78 is 29.7. The number of fused-ring (bicyclic) bond motifs is 1. The molecular formula is C25H32N6O3S. The monoisotopic (exact) mass is 496 g/mol. The fourth-order valence-electron chi connectivity index (χ4n) is 5.22. The second kappa shape index (κ2) is 8.44. The van der Waals surface area contributed by atoms with E-state index in [0.29, 0.717) is 36.3 Å². The van der Waals surface area contributed by atoms with Crippen LogP contribution in [0.4, 0.5) is 5.82 Å². The van der Waals surface area contributed by atoms with Gasteiger partial charge in [0.2, 0.25) is 5.88 Å². The summed E-state index contributed by atoms with van der Waals surface area (Å²) in [5.41, 5.74) is 2.36. The lowest BCUT2D eigenvalue weighted by Gasteiger charge is -2.35. The number of nitrogens with one attached hydrogen (secondary N) is 1. The van der Waals surface area contributed by atoms with E-state index >= 15 is 0 Å². The van der Waals surface area contributed by atoms with Gasteiger partial charge in [0, 0.05) is 41.6 Å². The van der Waals surface area contributed by atoms with Gasteiger partial charge in [0.15, 0.2) is 5.82 Å². The van der Waals surface area contributed by atoms with Crippen LogP contribution in [0.15, 0.2) is 28.8 Å². The molecule has 9 nitrogen and oxygen atoms in total. The Labute approximate surface area is 205 Å². The predicted octanol–water partition coefficient (Wildman–Crippen LogP) is 3.89.